The molecule has 18 heavy (non-hydrogen) atoms. The molecule has 0 amide bonds. The van der Waals surface area contributed by atoms with Gasteiger partial charge in [0.15, 0.2) is 5.78 Å². The van der Waals surface area contributed by atoms with Gasteiger partial charge in [0.2, 0.25) is 0 Å². The number of methoxy groups -OCH3 is 1. The molecule has 0 radical (unpaired) electrons. The van der Waals surface area contributed by atoms with Gasteiger partial charge in [-0.1, -0.05) is 24.3 Å². The van der Waals surface area contributed by atoms with E-state index in [0.29, 0.717) is 5.69 Å². The Bertz CT molecular complexity index is 756. The van der Waals surface area contributed by atoms with Gasteiger partial charge in [-0.2, -0.15) is 0 Å². The van der Waals surface area contributed by atoms with Crippen molar-refractivity contribution in [3.8, 4) is 5.75 Å². The number of Topliss-reactive ketones (excluding diaryl/α,β-unsaturated/α-hetero) is 1. The first-order valence-corrected chi connectivity index (χ1v) is 5.80. The van der Waals surface area contributed by atoms with Crippen LogP contribution in [0.2, 0.25) is 0 Å². The normalized spacial score (nSPS) is 11.0. The number of ketones is 1. The summed E-state index contributed by atoms with van der Waals surface area (Å²) in [6, 6.07) is 11.9. The van der Waals surface area contributed by atoms with Crippen LogP contribution in [0.25, 0.3) is 21.7 Å². The van der Waals surface area contributed by atoms with Gasteiger partial charge in [-0.15, -0.1) is 0 Å². The van der Waals surface area contributed by atoms with Crippen molar-refractivity contribution in [1.82, 2.24) is 4.98 Å². The number of carbonyl (C=O) groups excluding carboxylic acids is 1. The predicted octanol–water partition coefficient (Wildman–Crippen LogP) is 3.53. The highest BCUT2D eigenvalue weighted by atomic mass is 16.5. The van der Waals surface area contributed by atoms with E-state index in [4.69, 9.17) is 4.74 Å². The second kappa shape index (κ2) is 3.88. The first-order chi connectivity index (χ1) is 8.70. The van der Waals surface area contributed by atoms with Crippen LogP contribution in [0, 0.1) is 0 Å². The number of benzene rings is 2. The van der Waals surface area contributed by atoms with E-state index >= 15 is 0 Å². The third-order valence-corrected chi connectivity index (χ3v) is 3.20. The van der Waals surface area contributed by atoms with Crippen LogP contribution in [0.1, 0.15) is 17.4 Å². The highest BCUT2D eigenvalue weighted by Crippen LogP contribution is 2.33. The molecule has 3 aromatic rings. The molecule has 3 nitrogen and oxygen atoms in total. The van der Waals surface area contributed by atoms with Gasteiger partial charge >= 0.3 is 0 Å². The third kappa shape index (κ3) is 1.48. The number of H-pyrrole nitrogens is 1. The van der Waals surface area contributed by atoms with Gasteiger partial charge in [0, 0.05) is 17.7 Å². The smallest absolute Gasteiger partial charge is 0.175 e. The van der Waals surface area contributed by atoms with Crippen molar-refractivity contribution in [3.63, 3.8) is 0 Å². The van der Waals surface area contributed by atoms with Crippen molar-refractivity contribution in [2.75, 3.05) is 7.11 Å². The van der Waals surface area contributed by atoms with Crippen molar-refractivity contribution < 1.29 is 9.53 Å². The summed E-state index contributed by atoms with van der Waals surface area (Å²) in [7, 11) is 1.64. The lowest BCUT2D eigenvalue weighted by Gasteiger charge is -2.05. The van der Waals surface area contributed by atoms with Crippen LogP contribution in [-0.4, -0.2) is 17.9 Å². The van der Waals surface area contributed by atoms with E-state index in [9.17, 15) is 4.79 Å². The number of aromatic amines is 1. The summed E-state index contributed by atoms with van der Waals surface area (Å²) in [6.07, 6.45) is 0. The standard InChI is InChI=1S/C15H13NO2/c1-9(17)13-8-12-14(18-2)7-10-5-3-4-6-11(10)15(12)16-13/h3-8,16H,1-2H3. The topological polar surface area (TPSA) is 42.1 Å². The Labute approximate surface area is 104 Å². The van der Waals surface area contributed by atoms with E-state index in [1.165, 1.54) is 0 Å². The van der Waals surface area contributed by atoms with Crippen LogP contribution in [0.5, 0.6) is 5.75 Å². The van der Waals surface area contributed by atoms with Crippen molar-refractivity contribution in [1.29, 1.82) is 0 Å². The molecule has 2 aromatic carbocycles. The van der Waals surface area contributed by atoms with Gasteiger partial charge in [0.05, 0.1) is 18.3 Å². The van der Waals surface area contributed by atoms with Crippen LogP contribution >= 0.6 is 0 Å². The first kappa shape index (κ1) is 10.8. The quantitative estimate of drug-likeness (QED) is 0.695. The van der Waals surface area contributed by atoms with Crippen molar-refractivity contribution in [2.45, 2.75) is 6.92 Å². The average Bonchev–Trinajstić information content (AvgIpc) is 2.83. The third-order valence-electron chi connectivity index (χ3n) is 3.20. The molecular weight excluding hydrogens is 226 g/mol. The molecule has 0 aliphatic carbocycles. The average molecular weight is 239 g/mol. The molecule has 0 atom stereocenters. The molecular formula is C15H13NO2. The van der Waals surface area contributed by atoms with E-state index in [1.807, 2.05) is 36.4 Å². The monoisotopic (exact) mass is 239 g/mol. The lowest BCUT2D eigenvalue weighted by Crippen LogP contribution is -1.90. The summed E-state index contributed by atoms with van der Waals surface area (Å²) in [6.45, 7) is 1.55. The molecule has 3 heteroatoms. The van der Waals surface area contributed by atoms with Crippen molar-refractivity contribution in [3.05, 3.63) is 42.1 Å². The fraction of sp³-hybridized carbons (Fsp3) is 0.133. The molecule has 1 heterocycles. The predicted molar refractivity (Wildman–Crippen MR) is 72.4 cm³/mol. The Hall–Kier alpha value is -2.29. The van der Waals surface area contributed by atoms with Crippen LogP contribution in [0.3, 0.4) is 0 Å². The second-order valence-corrected chi connectivity index (χ2v) is 4.33. The second-order valence-electron chi connectivity index (χ2n) is 4.33. The Morgan fingerprint density at radius 2 is 1.94 bits per heavy atom. The SMILES string of the molecule is COc1cc2ccccc2c2[nH]c(C(C)=O)cc12. The Balaban J connectivity index is 2.49. The molecule has 0 aliphatic heterocycles. The number of fused-ring (bicyclic) bond motifs is 3. The molecule has 0 fully saturated rings. The zero-order chi connectivity index (χ0) is 12.7. The first-order valence-electron chi connectivity index (χ1n) is 5.80. The van der Waals surface area contributed by atoms with Gasteiger partial charge in [-0.05, 0) is 17.5 Å². The summed E-state index contributed by atoms with van der Waals surface area (Å²) in [4.78, 5) is 14.7. The summed E-state index contributed by atoms with van der Waals surface area (Å²) in [5, 5.41) is 3.14. The zero-order valence-corrected chi connectivity index (χ0v) is 10.3. The van der Waals surface area contributed by atoms with E-state index in [2.05, 4.69) is 4.98 Å². The molecule has 1 N–H and O–H groups in total. The van der Waals surface area contributed by atoms with Crippen molar-refractivity contribution >= 4 is 27.5 Å². The maximum Gasteiger partial charge on any atom is 0.175 e. The van der Waals surface area contributed by atoms with Crippen LogP contribution in [-0.2, 0) is 0 Å². The Morgan fingerprint density at radius 3 is 2.67 bits per heavy atom. The molecule has 0 saturated heterocycles. The van der Waals surface area contributed by atoms with Gasteiger partial charge < -0.3 is 9.72 Å². The highest BCUT2D eigenvalue weighted by molar-refractivity contribution is 6.11. The van der Waals surface area contributed by atoms with E-state index in [0.717, 1.165) is 27.4 Å². The Kier molecular flexibility index (Phi) is 2.33. The maximum atomic E-state index is 11.5. The number of rotatable bonds is 2. The number of aromatic nitrogens is 1. The van der Waals surface area contributed by atoms with Crippen LogP contribution in [0.15, 0.2) is 36.4 Å². The number of carbonyl (C=O) groups is 1. The summed E-state index contributed by atoms with van der Waals surface area (Å²) in [5.74, 6) is 0.810. The van der Waals surface area contributed by atoms with E-state index in [-0.39, 0.29) is 5.78 Å². The van der Waals surface area contributed by atoms with Gasteiger partial charge in [-0.3, -0.25) is 4.79 Å². The minimum atomic E-state index is 0.0253. The Morgan fingerprint density at radius 1 is 1.17 bits per heavy atom. The molecule has 0 spiro atoms. The number of nitrogens with one attached hydrogen (secondary N) is 1. The molecule has 3 rings (SSSR count). The highest BCUT2D eigenvalue weighted by Gasteiger charge is 2.12. The fourth-order valence-corrected chi connectivity index (χ4v) is 2.29. The van der Waals surface area contributed by atoms with Crippen LogP contribution < -0.4 is 4.74 Å². The minimum absolute atomic E-state index is 0.0253. The minimum Gasteiger partial charge on any atom is -0.496 e. The van der Waals surface area contributed by atoms with Crippen molar-refractivity contribution in [2.24, 2.45) is 0 Å². The molecule has 90 valence electrons. The zero-order valence-electron chi connectivity index (χ0n) is 10.3. The summed E-state index contributed by atoms with van der Waals surface area (Å²) >= 11 is 0. The molecule has 0 bridgehead atoms. The van der Waals surface area contributed by atoms with E-state index in [1.54, 1.807) is 14.0 Å². The van der Waals surface area contributed by atoms with Crippen LogP contribution in [0.4, 0.5) is 0 Å². The summed E-state index contributed by atoms with van der Waals surface area (Å²) in [5.41, 5.74) is 1.56. The number of hydrogen-bond donors (Lipinski definition) is 1. The van der Waals surface area contributed by atoms with Gasteiger partial charge in [0.25, 0.3) is 0 Å². The lowest BCUT2D eigenvalue weighted by molar-refractivity contribution is 0.101. The maximum absolute atomic E-state index is 11.5. The number of hydrogen-bond acceptors (Lipinski definition) is 2. The lowest BCUT2D eigenvalue weighted by atomic mass is 10.1. The van der Waals surface area contributed by atoms with Gasteiger partial charge in [-0.25, -0.2) is 0 Å². The molecule has 0 aliphatic rings. The number of ether oxygens (including phenoxy) is 1. The summed E-state index contributed by atoms with van der Waals surface area (Å²) < 4.78 is 5.40. The fourth-order valence-electron chi connectivity index (χ4n) is 2.29. The molecule has 0 saturated carbocycles. The molecule has 0 unspecified atom stereocenters. The van der Waals surface area contributed by atoms with Gasteiger partial charge in [0.1, 0.15) is 5.75 Å². The largest absolute Gasteiger partial charge is 0.496 e. The molecule has 1 aromatic heterocycles. The van der Waals surface area contributed by atoms with E-state index < -0.39 is 0 Å².